The van der Waals surface area contributed by atoms with Gasteiger partial charge in [0.1, 0.15) is 11.2 Å². The largest absolute Gasteiger partial charge is 0.350 e. The lowest BCUT2D eigenvalue weighted by atomic mass is 10.2. The van der Waals surface area contributed by atoms with Crippen LogP contribution < -0.4 is 22.1 Å². The van der Waals surface area contributed by atoms with E-state index >= 15 is 0 Å². The standard InChI is InChI=1S/C16H15N5O4/c1-20-8-3-5-11(14(20)23)13(22)18-7-9-21-15(24)10-4-2-6-17-12(10)19-16(21)25/h2-6,8H,7,9H2,1H3,(H,18,22)(H,17,19,25). The molecule has 1 amide bonds. The SMILES string of the molecule is Cn1cccc(C(=O)NCCn2c(=O)[nH]c3ncccc3c2=O)c1=O. The van der Waals surface area contributed by atoms with Crippen molar-refractivity contribution < 1.29 is 4.79 Å². The molecule has 0 spiro atoms. The van der Waals surface area contributed by atoms with Crippen molar-refractivity contribution in [1.29, 1.82) is 0 Å². The second-order valence-corrected chi connectivity index (χ2v) is 5.38. The molecule has 25 heavy (non-hydrogen) atoms. The van der Waals surface area contributed by atoms with Gasteiger partial charge in [-0.15, -0.1) is 0 Å². The Bertz CT molecular complexity index is 1130. The zero-order valence-corrected chi connectivity index (χ0v) is 13.4. The van der Waals surface area contributed by atoms with Crippen molar-refractivity contribution in [2.75, 3.05) is 6.54 Å². The fourth-order valence-electron chi connectivity index (χ4n) is 2.43. The molecule has 0 saturated heterocycles. The minimum atomic E-state index is -0.610. The molecular weight excluding hydrogens is 326 g/mol. The Balaban J connectivity index is 1.79. The summed E-state index contributed by atoms with van der Waals surface area (Å²) in [5.74, 6) is -0.562. The van der Waals surface area contributed by atoms with E-state index in [0.29, 0.717) is 0 Å². The van der Waals surface area contributed by atoms with Gasteiger partial charge >= 0.3 is 5.69 Å². The predicted octanol–water partition coefficient (Wildman–Crippen LogP) is -0.786. The smallest absolute Gasteiger partial charge is 0.330 e. The number of aromatic amines is 1. The molecule has 0 aromatic carbocycles. The Morgan fingerprint density at radius 1 is 1.20 bits per heavy atom. The molecule has 2 N–H and O–H groups in total. The van der Waals surface area contributed by atoms with E-state index in [9.17, 15) is 19.2 Å². The number of aryl methyl sites for hydroxylation is 1. The van der Waals surface area contributed by atoms with Crippen LogP contribution in [0.25, 0.3) is 11.0 Å². The molecule has 0 aliphatic heterocycles. The summed E-state index contributed by atoms with van der Waals surface area (Å²) in [6.45, 7) is -0.0104. The number of nitrogens with one attached hydrogen (secondary N) is 2. The topological polar surface area (TPSA) is 119 Å². The van der Waals surface area contributed by atoms with Crippen LogP contribution in [0, 0.1) is 0 Å². The molecule has 9 nitrogen and oxygen atoms in total. The van der Waals surface area contributed by atoms with Gasteiger partial charge in [-0.05, 0) is 24.3 Å². The van der Waals surface area contributed by atoms with Gasteiger partial charge in [-0.1, -0.05) is 0 Å². The molecule has 0 saturated carbocycles. The fourth-order valence-corrected chi connectivity index (χ4v) is 2.43. The zero-order valence-electron chi connectivity index (χ0n) is 13.4. The molecule has 0 atom stereocenters. The van der Waals surface area contributed by atoms with Crippen LogP contribution in [0.5, 0.6) is 0 Å². The molecule has 3 aromatic heterocycles. The third kappa shape index (κ3) is 3.11. The molecule has 0 unspecified atom stereocenters. The zero-order chi connectivity index (χ0) is 18.0. The van der Waals surface area contributed by atoms with Gasteiger partial charge in [-0.3, -0.25) is 23.9 Å². The van der Waals surface area contributed by atoms with Crippen molar-refractivity contribution in [1.82, 2.24) is 24.4 Å². The number of carbonyl (C=O) groups is 1. The molecule has 0 fully saturated rings. The summed E-state index contributed by atoms with van der Waals surface area (Å²) in [6.07, 6.45) is 3.02. The first-order valence-corrected chi connectivity index (χ1v) is 7.50. The minimum absolute atomic E-state index is 0.00559. The number of hydrogen-bond donors (Lipinski definition) is 2. The van der Waals surface area contributed by atoms with Crippen molar-refractivity contribution >= 4 is 16.9 Å². The summed E-state index contributed by atoms with van der Waals surface area (Å²) in [4.78, 5) is 54.7. The fraction of sp³-hybridized carbons (Fsp3) is 0.188. The van der Waals surface area contributed by atoms with Crippen LogP contribution in [0.2, 0.25) is 0 Å². The normalized spacial score (nSPS) is 10.8. The van der Waals surface area contributed by atoms with Gasteiger partial charge in [0.25, 0.3) is 17.0 Å². The Labute approximate surface area is 140 Å². The summed E-state index contributed by atoms with van der Waals surface area (Å²) in [5, 5.41) is 2.82. The van der Waals surface area contributed by atoms with Crippen LogP contribution in [-0.4, -0.2) is 31.6 Å². The molecule has 0 aliphatic rings. The number of fused-ring (bicyclic) bond motifs is 1. The highest BCUT2D eigenvalue weighted by atomic mass is 16.2. The first-order valence-electron chi connectivity index (χ1n) is 7.50. The number of carbonyl (C=O) groups excluding carboxylic acids is 1. The van der Waals surface area contributed by atoms with Crippen LogP contribution in [0.1, 0.15) is 10.4 Å². The second kappa shape index (κ2) is 6.56. The van der Waals surface area contributed by atoms with E-state index in [1.54, 1.807) is 31.4 Å². The molecular formula is C16H15N5O4. The van der Waals surface area contributed by atoms with E-state index in [1.807, 2.05) is 0 Å². The summed E-state index contributed by atoms with van der Waals surface area (Å²) in [5.41, 5.74) is -1.32. The molecule has 9 heteroatoms. The lowest BCUT2D eigenvalue weighted by Crippen LogP contribution is -2.40. The van der Waals surface area contributed by atoms with E-state index in [1.165, 1.54) is 16.8 Å². The monoisotopic (exact) mass is 341 g/mol. The maximum absolute atomic E-state index is 12.3. The number of hydrogen-bond acceptors (Lipinski definition) is 5. The van der Waals surface area contributed by atoms with Gasteiger partial charge in [0.2, 0.25) is 0 Å². The van der Waals surface area contributed by atoms with Crippen molar-refractivity contribution in [3.8, 4) is 0 Å². The summed E-state index contributed by atoms with van der Waals surface area (Å²) in [6, 6.07) is 6.16. The summed E-state index contributed by atoms with van der Waals surface area (Å²) in [7, 11) is 1.54. The van der Waals surface area contributed by atoms with Crippen molar-refractivity contribution in [2.24, 2.45) is 7.05 Å². The van der Waals surface area contributed by atoms with Crippen molar-refractivity contribution in [3.63, 3.8) is 0 Å². The van der Waals surface area contributed by atoms with Crippen LogP contribution in [0.3, 0.4) is 0 Å². The number of amides is 1. The van der Waals surface area contributed by atoms with E-state index < -0.39 is 22.7 Å². The maximum atomic E-state index is 12.3. The second-order valence-electron chi connectivity index (χ2n) is 5.38. The van der Waals surface area contributed by atoms with Crippen LogP contribution >= 0.6 is 0 Å². The minimum Gasteiger partial charge on any atom is -0.350 e. The van der Waals surface area contributed by atoms with Gasteiger partial charge in [0.15, 0.2) is 0 Å². The van der Waals surface area contributed by atoms with E-state index in [4.69, 9.17) is 0 Å². The Hall–Kier alpha value is -3.49. The highest BCUT2D eigenvalue weighted by Crippen LogP contribution is 1.98. The van der Waals surface area contributed by atoms with Crippen LogP contribution in [-0.2, 0) is 13.6 Å². The third-order valence-corrected chi connectivity index (χ3v) is 3.74. The quantitative estimate of drug-likeness (QED) is 0.645. The Morgan fingerprint density at radius 2 is 2.00 bits per heavy atom. The first-order chi connectivity index (χ1) is 12.0. The van der Waals surface area contributed by atoms with Crippen LogP contribution in [0.15, 0.2) is 51.0 Å². The maximum Gasteiger partial charge on any atom is 0.330 e. The van der Waals surface area contributed by atoms with Gasteiger partial charge in [0.05, 0.1) is 5.39 Å². The Kier molecular flexibility index (Phi) is 4.29. The summed E-state index contributed by atoms with van der Waals surface area (Å²) >= 11 is 0. The number of rotatable bonds is 4. The number of aromatic nitrogens is 4. The molecule has 0 aliphatic carbocycles. The van der Waals surface area contributed by atoms with Crippen LogP contribution in [0.4, 0.5) is 0 Å². The van der Waals surface area contributed by atoms with E-state index in [0.717, 1.165) is 4.57 Å². The van der Waals surface area contributed by atoms with Gasteiger partial charge in [-0.2, -0.15) is 0 Å². The lowest BCUT2D eigenvalue weighted by molar-refractivity contribution is 0.0950. The molecule has 0 radical (unpaired) electrons. The number of pyridine rings is 2. The van der Waals surface area contributed by atoms with Gasteiger partial charge in [-0.25, -0.2) is 9.78 Å². The summed E-state index contributed by atoms with van der Waals surface area (Å²) < 4.78 is 2.27. The first kappa shape index (κ1) is 16.4. The highest BCUT2D eigenvalue weighted by molar-refractivity contribution is 5.93. The number of H-pyrrole nitrogens is 1. The highest BCUT2D eigenvalue weighted by Gasteiger charge is 2.12. The average Bonchev–Trinajstić information content (AvgIpc) is 2.60. The lowest BCUT2D eigenvalue weighted by Gasteiger charge is -2.08. The Morgan fingerprint density at radius 3 is 2.80 bits per heavy atom. The predicted molar refractivity (Wildman–Crippen MR) is 90.6 cm³/mol. The molecule has 128 valence electrons. The third-order valence-electron chi connectivity index (χ3n) is 3.74. The molecule has 3 aromatic rings. The van der Waals surface area contributed by atoms with Gasteiger partial charge in [0, 0.05) is 32.5 Å². The van der Waals surface area contributed by atoms with Gasteiger partial charge < -0.3 is 9.88 Å². The average molecular weight is 341 g/mol. The number of nitrogens with zero attached hydrogens (tertiary/aromatic N) is 3. The van der Waals surface area contributed by atoms with Crippen molar-refractivity contribution in [3.05, 3.63) is 73.4 Å². The van der Waals surface area contributed by atoms with Crippen molar-refractivity contribution in [2.45, 2.75) is 6.54 Å². The molecule has 3 heterocycles. The molecule has 0 bridgehead atoms. The van der Waals surface area contributed by atoms with E-state index in [-0.39, 0.29) is 29.7 Å². The molecule has 3 rings (SSSR count). The van der Waals surface area contributed by atoms with E-state index in [2.05, 4.69) is 15.3 Å².